The molecule has 2 aromatic rings. The summed E-state index contributed by atoms with van der Waals surface area (Å²) in [5, 5.41) is 11.8. The van der Waals surface area contributed by atoms with Crippen molar-refractivity contribution < 1.29 is 19.2 Å². The summed E-state index contributed by atoms with van der Waals surface area (Å²) in [5.74, 6) is -1.20. The summed E-state index contributed by atoms with van der Waals surface area (Å²) in [4.78, 5) is 34.0. The SMILES string of the molecule is CCOc1c(Nc2cccc(C(=O)O)c2OP)c(=O)c1=O. The van der Waals surface area contributed by atoms with Gasteiger partial charge >= 0.3 is 5.97 Å². The minimum Gasteiger partial charge on any atom is -0.488 e. The molecule has 0 radical (unpaired) electrons. The molecule has 0 saturated heterocycles. The summed E-state index contributed by atoms with van der Waals surface area (Å²) >= 11 is 0. The fourth-order valence-corrected chi connectivity index (χ4v) is 2.09. The molecule has 0 spiro atoms. The smallest absolute Gasteiger partial charge is 0.339 e. The van der Waals surface area contributed by atoms with Crippen molar-refractivity contribution in [2.24, 2.45) is 0 Å². The Kier molecular flexibility index (Phi) is 4.23. The topological polar surface area (TPSA) is 102 Å². The number of benzene rings is 1. The molecule has 1 atom stereocenters. The summed E-state index contributed by atoms with van der Waals surface area (Å²) in [6, 6.07) is 4.38. The van der Waals surface area contributed by atoms with Gasteiger partial charge in [-0.3, -0.25) is 9.59 Å². The van der Waals surface area contributed by atoms with Crippen molar-refractivity contribution in [1.82, 2.24) is 0 Å². The van der Waals surface area contributed by atoms with E-state index in [1.54, 1.807) is 6.92 Å². The Hall–Kier alpha value is -2.40. The highest BCUT2D eigenvalue weighted by Gasteiger charge is 2.24. The van der Waals surface area contributed by atoms with Crippen molar-refractivity contribution in [2.75, 3.05) is 11.9 Å². The molecule has 0 aliphatic rings. The third-order valence-corrected chi connectivity index (χ3v) is 3.01. The molecule has 0 aliphatic carbocycles. The van der Waals surface area contributed by atoms with Gasteiger partial charge in [0.15, 0.2) is 11.5 Å². The first-order valence-corrected chi connectivity index (χ1v) is 6.44. The molecule has 0 fully saturated rings. The predicted octanol–water partition coefficient (Wildman–Crippen LogP) is 1.29. The van der Waals surface area contributed by atoms with Crippen LogP contribution in [-0.2, 0) is 0 Å². The lowest BCUT2D eigenvalue weighted by atomic mass is 10.1. The van der Waals surface area contributed by atoms with Crippen LogP contribution < -0.4 is 25.4 Å². The molecule has 7 nitrogen and oxygen atoms in total. The minimum atomic E-state index is -1.17. The van der Waals surface area contributed by atoms with Gasteiger partial charge in [-0.05, 0) is 19.1 Å². The van der Waals surface area contributed by atoms with E-state index in [1.165, 1.54) is 18.2 Å². The first-order valence-electron chi connectivity index (χ1n) is 5.97. The van der Waals surface area contributed by atoms with Crippen LogP contribution in [0.3, 0.4) is 0 Å². The van der Waals surface area contributed by atoms with Crippen molar-refractivity contribution in [2.45, 2.75) is 6.92 Å². The van der Waals surface area contributed by atoms with E-state index < -0.39 is 16.8 Å². The van der Waals surface area contributed by atoms with Crippen LogP contribution in [0.25, 0.3) is 0 Å². The number of ether oxygens (including phenoxy) is 1. The van der Waals surface area contributed by atoms with Crippen LogP contribution in [0, 0.1) is 0 Å². The van der Waals surface area contributed by atoms with E-state index in [2.05, 4.69) is 5.32 Å². The number of aromatic carboxylic acids is 1. The van der Waals surface area contributed by atoms with Crippen LogP contribution in [0.1, 0.15) is 17.3 Å². The van der Waals surface area contributed by atoms with Crippen LogP contribution in [0.15, 0.2) is 27.8 Å². The summed E-state index contributed by atoms with van der Waals surface area (Å²) < 4.78 is 10.1. The molecule has 21 heavy (non-hydrogen) atoms. The molecule has 0 saturated carbocycles. The molecule has 8 heteroatoms. The quantitative estimate of drug-likeness (QED) is 0.612. The molecule has 0 aromatic heterocycles. The first-order chi connectivity index (χ1) is 10.0. The summed E-state index contributed by atoms with van der Waals surface area (Å²) in [6.45, 7) is 1.92. The van der Waals surface area contributed by atoms with Gasteiger partial charge in [0.25, 0.3) is 10.9 Å². The van der Waals surface area contributed by atoms with Crippen molar-refractivity contribution in [3.05, 3.63) is 44.2 Å². The lowest BCUT2D eigenvalue weighted by Crippen LogP contribution is -2.35. The van der Waals surface area contributed by atoms with Gasteiger partial charge in [-0.25, -0.2) is 4.79 Å². The lowest BCUT2D eigenvalue weighted by Gasteiger charge is -2.16. The van der Waals surface area contributed by atoms with Crippen LogP contribution >= 0.6 is 9.47 Å². The molecule has 0 amide bonds. The Morgan fingerprint density at radius 1 is 1.29 bits per heavy atom. The highest BCUT2D eigenvalue weighted by molar-refractivity contribution is 7.10. The van der Waals surface area contributed by atoms with E-state index >= 15 is 0 Å². The molecular formula is C13H12NO6P. The number of carboxylic acids is 1. The second kappa shape index (κ2) is 5.93. The fraction of sp³-hybridized carbons (Fsp3) is 0.154. The average molecular weight is 309 g/mol. The molecule has 0 aliphatic heterocycles. The number of nitrogens with one attached hydrogen (secondary N) is 1. The third-order valence-electron chi connectivity index (χ3n) is 2.78. The van der Waals surface area contributed by atoms with E-state index in [9.17, 15) is 14.4 Å². The largest absolute Gasteiger partial charge is 0.488 e. The van der Waals surface area contributed by atoms with E-state index in [1.807, 2.05) is 9.47 Å². The monoisotopic (exact) mass is 309 g/mol. The van der Waals surface area contributed by atoms with Crippen molar-refractivity contribution >= 4 is 26.8 Å². The van der Waals surface area contributed by atoms with Gasteiger partial charge < -0.3 is 19.7 Å². The molecule has 2 rings (SSSR count). The van der Waals surface area contributed by atoms with Crippen LogP contribution in [0.5, 0.6) is 11.5 Å². The maximum absolute atomic E-state index is 11.6. The van der Waals surface area contributed by atoms with Crippen LogP contribution in [0.2, 0.25) is 0 Å². The fourth-order valence-electron chi connectivity index (χ4n) is 1.83. The Balaban J connectivity index is 2.44. The van der Waals surface area contributed by atoms with Gasteiger partial charge in [-0.2, -0.15) is 0 Å². The summed E-state index contributed by atoms with van der Waals surface area (Å²) in [6.07, 6.45) is 0. The number of anilines is 2. The average Bonchev–Trinajstić information content (AvgIpc) is 2.49. The first kappa shape index (κ1) is 15.0. The lowest BCUT2D eigenvalue weighted by molar-refractivity contribution is 0.0695. The third kappa shape index (κ3) is 2.60. The Morgan fingerprint density at radius 2 is 2.00 bits per heavy atom. The Labute approximate surface area is 121 Å². The van der Waals surface area contributed by atoms with Gasteiger partial charge in [-0.15, -0.1) is 0 Å². The normalized spacial score (nSPS) is 10.4. The van der Waals surface area contributed by atoms with E-state index in [4.69, 9.17) is 14.4 Å². The van der Waals surface area contributed by atoms with Crippen molar-refractivity contribution in [3.8, 4) is 11.5 Å². The zero-order valence-electron chi connectivity index (χ0n) is 11.0. The van der Waals surface area contributed by atoms with Crippen molar-refractivity contribution in [1.29, 1.82) is 0 Å². The number of rotatable bonds is 6. The molecule has 0 heterocycles. The van der Waals surface area contributed by atoms with Gasteiger partial charge in [-0.1, -0.05) is 6.07 Å². The highest BCUT2D eigenvalue weighted by atomic mass is 31.0. The number of carboxylic acid groups (broad SMARTS) is 1. The number of hydrogen-bond donors (Lipinski definition) is 2. The molecule has 2 N–H and O–H groups in total. The van der Waals surface area contributed by atoms with E-state index in [0.717, 1.165) is 0 Å². The molecular weight excluding hydrogens is 297 g/mol. The Morgan fingerprint density at radius 3 is 2.57 bits per heavy atom. The number of hydrogen-bond acceptors (Lipinski definition) is 6. The van der Waals surface area contributed by atoms with Crippen LogP contribution in [-0.4, -0.2) is 17.7 Å². The van der Waals surface area contributed by atoms with E-state index in [0.29, 0.717) is 0 Å². The van der Waals surface area contributed by atoms with E-state index in [-0.39, 0.29) is 35.0 Å². The molecule has 2 aromatic carbocycles. The minimum absolute atomic E-state index is 0.00677. The zero-order chi connectivity index (χ0) is 15.6. The number of para-hydroxylation sites is 1. The molecule has 0 bridgehead atoms. The Bertz CT molecular complexity index is 762. The van der Waals surface area contributed by atoms with Gasteiger partial charge in [0.05, 0.1) is 21.8 Å². The second-order valence-electron chi connectivity index (χ2n) is 4.03. The van der Waals surface area contributed by atoms with Gasteiger partial charge in [0, 0.05) is 0 Å². The maximum Gasteiger partial charge on any atom is 0.339 e. The van der Waals surface area contributed by atoms with Crippen molar-refractivity contribution in [3.63, 3.8) is 0 Å². The highest BCUT2D eigenvalue weighted by Crippen LogP contribution is 2.34. The van der Waals surface area contributed by atoms with Gasteiger partial charge in [0.1, 0.15) is 11.3 Å². The maximum atomic E-state index is 11.6. The van der Waals surface area contributed by atoms with Gasteiger partial charge in [0.2, 0.25) is 0 Å². The summed E-state index contributed by atoms with van der Waals surface area (Å²) in [5.41, 5.74) is -1.26. The zero-order valence-corrected chi connectivity index (χ0v) is 12.2. The summed E-state index contributed by atoms with van der Waals surface area (Å²) in [7, 11) is 1.94. The molecule has 1 unspecified atom stereocenters. The van der Waals surface area contributed by atoms with Crippen LogP contribution in [0.4, 0.5) is 11.4 Å². The predicted molar refractivity (Wildman–Crippen MR) is 79.5 cm³/mol. The number of carbonyl (C=O) groups is 1. The standard InChI is InChI=1S/C13H12NO6P/c1-2-19-12-8(9(15)10(12)16)14-7-5-3-4-6(13(17)18)11(7)20-21/h3-5,14H,2,21H2,1H3,(H,17,18). The molecule has 110 valence electrons. The second-order valence-corrected chi connectivity index (χ2v) is 4.26.